The quantitative estimate of drug-likeness (QED) is 0.712. The highest BCUT2D eigenvalue weighted by atomic mass is 16.5. The Balaban J connectivity index is 1.83. The van der Waals surface area contributed by atoms with Gasteiger partial charge in [0.1, 0.15) is 18.1 Å². The monoisotopic (exact) mass is 342 g/mol. The number of methoxy groups -OCH3 is 1. The molecule has 0 aliphatic heterocycles. The lowest BCUT2D eigenvalue weighted by Gasteiger charge is -2.15. The van der Waals surface area contributed by atoms with Crippen LogP contribution in [-0.4, -0.2) is 26.3 Å². The van der Waals surface area contributed by atoms with Gasteiger partial charge >= 0.3 is 6.03 Å². The van der Waals surface area contributed by atoms with Crippen LogP contribution in [0.4, 0.5) is 10.5 Å². The Labute approximate surface area is 149 Å². The van der Waals surface area contributed by atoms with E-state index in [4.69, 9.17) is 9.47 Å². The SMILES string of the molecule is CCc1cccc(CC)c1NC(=O)NCCOc1cccc(OC)c1. The highest BCUT2D eigenvalue weighted by Gasteiger charge is 2.09. The van der Waals surface area contributed by atoms with E-state index in [-0.39, 0.29) is 6.03 Å². The van der Waals surface area contributed by atoms with E-state index >= 15 is 0 Å². The molecule has 0 unspecified atom stereocenters. The van der Waals surface area contributed by atoms with Crippen molar-refractivity contribution in [1.82, 2.24) is 5.32 Å². The second-order valence-corrected chi connectivity index (χ2v) is 5.57. The standard InChI is InChI=1S/C20H26N2O3/c1-4-15-8-6-9-16(5-2)19(15)22-20(23)21-12-13-25-18-11-7-10-17(14-18)24-3/h6-11,14H,4-5,12-13H2,1-3H3,(H2,21,22,23). The summed E-state index contributed by atoms with van der Waals surface area (Å²) < 4.78 is 10.8. The highest BCUT2D eigenvalue weighted by molar-refractivity contribution is 5.91. The summed E-state index contributed by atoms with van der Waals surface area (Å²) in [5, 5.41) is 5.80. The molecule has 2 aromatic rings. The predicted octanol–water partition coefficient (Wildman–Crippen LogP) is 4.02. The van der Waals surface area contributed by atoms with Crippen LogP contribution in [0.25, 0.3) is 0 Å². The second kappa shape index (κ2) is 9.57. The van der Waals surface area contributed by atoms with Gasteiger partial charge in [-0.2, -0.15) is 0 Å². The lowest BCUT2D eigenvalue weighted by molar-refractivity contribution is 0.247. The van der Waals surface area contributed by atoms with Gasteiger partial charge in [0.2, 0.25) is 0 Å². The van der Waals surface area contributed by atoms with Crippen LogP contribution in [0.5, 0.6) is 11.5 Å². The summed E-state index contributed by atoms with van der Waals surface area (Å²) in [6, 6.07) is 13.3. The Morgan fingerprint density at radius 1 is 1.00 bits per heavy atom. The average Bonchev–Trinajstić information content (AvgIpc) is 2.65. The molecule has 0 aliphatic rings. The molecule has 5 heteroatoms. The van der Waals surface area contributed by atoms with Crippen molar-refractivity contribution in [3.05, 3.63) is 53.6 Å². The van der Waals surface area contributed by atoms with Crippen molar-refractivity contribution in [1.29, 1.82) is 0 Å². The number of hydrogen-bond acceptors (Lipinski definition) is 3. The number of para-hydroxylation sites is 1. The Morgan fingerprint density at radius 2 is 1.64 bits per heavy atom. The third-order valence-electron chi connectivity index (χ3n) is 3.93. The summed E-state index contributed by atoms with van der Waals surface area (Å²) in [6.07, 6.45) is 1.75. The van der Waals surface area contributed by atoms with Crippen molar-refractivity contribution in [2.75, 3.05) is 25.6 Å². The topological polar surface area (TPSA) is 59.6 Å². The van der Waals surface area contributed by atoms with Crippen molar-refractivity contribution in [3.63, 3.8) is 0 Å². The fraction of sp³-hybridized carbons (Fsp3) is 0.350. The molecule has 0 saturated heterocycles. The minimum atomic E-state index is -0.218. The van der Waals surface area contributed by atoms with Crippen LogP contribution in [-0.2, 0) is 12.8 Å². The number of benzene rings is 2. The van der Waals surface area contributed by atoms with Gasteiger partial charge in [-0.1, -0.05) is 38.1 Å². The van der Waals surface area contributed by atoms with E-state index in [0.717, 1.165) is 35.4 Å². The number of carbonyl (C=O) groups excluding carboxylic acids is 1. The summed E-state index contributed by atoms with van der Waals surface area (Å²) in [5.41, 5.74) is 3.20. The molecule has 0 saturated carbocycles. The molecule has 0 bridgehead atoms. The zero-order valence-corrected chi connectivity index (χ0v) is 15.1. The molecular formula is C20H26N2O3. The van der Waals surface area contributed by atoms with Crippen LogP contribution < -0.4 is 20.1 Å². The van der Waals surface area contributed by atoms with Gasteiger partial charge < -0.3 is 20.1 Å². The first-order valence-electron chi connectivity index (χ1n) is 8.60. The third-order valence-corrected chi connectivity index (χ3v) is 3.93. The number of amides is 2. The van der Waals surface area contributed by atoms with E-state index in [9.17, 15) is 4.79 Å². The number of anilines is 1. The minimum Gasteiger partial charge on any atom is -0.497 e. The maximum atomic E-state index is 12.2. The van der Waals surface area contributed by atoms with Gasteiger partial charge in [0.15, 0.2) is 0 Å². The van der Waals surface area contributed by atoms with Gasteiger partial charge in [0, 0.05) is 11.8 Å². The molecule has 0 aromatic heterocycles. The van der Waals surface area contributed by atoms with Crippen LogP contribution in [0, 0.1) is 0 Å². The second-order valence-electron chi connectivity index (χ2n) is 5.57. The highest BCUT2D eigenvalue weighted by Crippen LogP contribution is 2.22. The van der Waals surface area contributed by atoms with E-state index in [2.05, 4.69) is 24.5 Å². The number of aryl methyl sites for hydroxylation is 2. The molecule has 0 radical (unpaired) electrons. The number of rotatable bonds is 8. The van der Waals surface area contributed by atoms with Gasteiger partial charge in [0.05, 0.1) is 13.7 Å². The molecule has 0 heterocycles. The molecule has 134 valence electrons. The molecule has 2 aromatic carbocycles. The molecule has 0 aliphatic carbocycles. The van der Waals surface area contributed by atoms with Gasteiger partial charge in [-0.15, -0.1) is 0 Å². The first-order chi connectivity index (χ1) is 12.2. The Hall–Kier alpha value is -2.69. The van der Waals surface area contributed by atoms with Gasteiger partial charge in [0.25, 0.3) is 0 Å². The minimum absolute atomic E-state index is 0.218. The van der Waals surface area contributed by atoms with Crippen LogP contribution in [0.15, 0.2) is 42.5 Å². The lowest BCUT2D eigenvalue weighted by atomic mass is 10.0. The number of urea groups is 1. The summed E-state index contributed by atoms with van der Waals surface area (Å²) in [4.78, 5) is 12.2. The molecule has 0 fully saturated rings. The van der Waals surface area contributed by atoms with Crippen LogP contribution in [0.1, 0.15) is 25.0 Å². The van der Waals surface area contributed by atoms with Gasteiger partial charge in [-0.05, 0) is 36.1 Å². The van der Waals surface area contributed by atoms with E-state index < -0.39 is 0 Å². The largest absolute Gasteiger partial charge is 0.497 e. The van der Waals surface area contributed by atoms with E-state index in [1.54, 1.807) is 7.11 Å². The van der Waals surface area contributed by atoms with Crippen molar-refractivity contribution >= 4 is 11.7 Å². The third kappa shape index (κ3) is 5.41. The number of ether oxygens (including phenoxy) is 2. The zero-order valence-electron chi connectivity index (χ0n) is 15.1. The summed E-state index contributed by atoms with van der Waals surface area (Å²) in [6.45, 7) is 4.97. The normalized spacial score (nSPS) is 10.2. The first-order valence-corrected chi connectivity index (χ1v) is 8.60. The van der Waals surface area contributed by atoms with Crippen LogP contribution in [0.2, 0.25) is 0 Å². The van der Waals surface area contributed by atoms with Crippen molar-refractivity contribution in [3.8, 4) is 11.5 Å². The average molecular weight is 342 g/mol. The molecular weight excluding hydrogens is 316 g/mol. The molecule has 5 nitrogen and oxygen atoms in total. The fourth-order valence-electron chi connectivity index (χ4n) is 2.59. The number of carbonyl (C=O) groups is 1. The zero-order chi connectivity index (χ0) is 18.1. The smallest absolute Gasteiger partial charge is 0.319 e. The molecule has 0 atom stereocenters. The molecule has 2 amide bonds. The molecule has 0 spiro atoms. The summed E-state index contributed by atoms with van der Waals surface area (Å²) >= 11 is 0. The Kier molecular flexibility index (Phi) is 7.14. The maximum absolute atomic E-state index is 12.2. The first kappa shape index (κ1) is 18.6. The maximum Gasteiger partial charge on any atom is 0.319 e. The number of hydrogen-bond donors (Lipinski definition) is 2. The predicted molar refractivity (Wildman–Crippen MR) is 101 cm³/mol. The van der Waals surface area contributed by atoms with E-state index in [0.29, 0.717) is 18.9 Å². The molecule has 2 N–H and O–H groups in total. The summed E-state index contributed by atoms with van der Waals surface area (Å²) in [5.74, 6) is 1.46. The molecule has 2 rings (SSSR count). The Bertz CT molecular complexity index is 679. The van der Waals surface area contributed by atoms with E-state index in [1.165, 1.54) is 0 Å². The number of nitrogens with one attached hydrogen (secondary N) is 2. The lowest BCUT2D eigenvalue weighted by Crippen LogP contribution is -2.32. The van der Waals surface area contributed by atoms with Crippen molar-refractivity contribution in [2.45, 2.75) is 26.7 Å². The van der Waals surface area contributed by atoms with Gasteiger partial charge in [-0.25, -0.2) is 4.79 Å². The Morgan fingerprint density at radius 3 is 2.28 bits per heavy atom. The van der Waals surface area contributed by atoms with Crippen LogP contribution in [0.3, 0.4) is 0 Å². The van der Waals surface area contributed by atoms with Crippen molar-refractivity contribution in [2.24, 2.45) is 0 Å². The van der Waals surface area contributed by atoms with Crippen LogP contribution >= 0.6 is 0 Å². The van der Waals surface area contributed by atoms with Gasteiger partial charge in [-0.3, -0.25) is 0 Å². The van der Waals surface area contributed by atoms with Crippen molar-refractivity contribution < 1.29 is 14.3 Å². The fourth-order valence-corrected chi connectivity index (χ4v) is 2.59. The van der Waals surface area contributed by atoms with E-state index in [1.807, 2.05) is 42.5 Å². The molecule has 25 heavy (non-hydrogen) atoms. The summed E-state index contributed by atoms with van der Waals surface area (Å²) in [7, 11) is 1.61.